The molecule has 0 N–H and O–H groups in total. The van der Waals surface area contributed by atoms with Gasteiger partial charge in [0.2, 0.25) is 0 Å². The van der Waals surface area contributed by atoms with E-state index in [9.17, 15) is 0 Å². The van der Waals surface area contributed by atoms with E-state index in [1.54, 1.807) is 2.90 Å². The summed E-state index contributed by atoms with van der Waals surface area (Å²) in [6.07, 6.45) is 0. The zero-order valence-electron chi connectivity index (χ0n) is 4.10. The third-order valence-corrected chi connectivity index (χ3v) is 2.70. The highest BCUT2D eigenvalue weighted by molar-refractivity contribution is 14.1. The predicted octanol–water partition coefficient (Wildman–Crippen LogP) is 1.39. The van der Waals surface area contributed by atoms with Gasteiger partial charge in [-0.05, 0) is 29.5 Å². The summed E-state index contributed by atoms with van der Waals surface area (Å²) in [5, 5.41) is 7.57. The van der Waals surface area contributed by atoms with E-state index in [0.29, 0.717) is 0 Å². The molecular formula is C3H3I2N3. The first-order valence-corrected chi connectivity index (χ1v) is 4.00. The van der Waals surface area contributed by atoms with Gasteiger partial charge in [-0.2, -0.15) is 2.90 Å². The Bertz CT molecular complexity index is 175. The lowest BCUT2D eigenvalue weighted by Gasteiger charge is -1.83. The van der Waals surface area contributed by atoms with Gasteiger partial charge in [0.25, 0.3) is 0 Å². The minimum absolute atomic E-state index is 0.969. The first-order chi connectivity index (χ1) is 3.72. The van der Waals surface area contributed by atoms with Crippen molar-refractivity contribution in [3.05, 3.63) is 9.39 Å². The van der Waals surface area contributed by atoms with Crippen molar-refractivity contribution < 1.29 is 0 Å². The van der Waals surface area contributed by atoms with Crippen LogP contribution >= 0.6 is 45.5 Å². The largest absolute Gasteiger partial charge is 0.187 e. The molecule has 0 unspecified atom stereocenters. The molecule has 0 atom stereocenters. The molecule has 3 nitrogen and oxygen atoms in total. The molecule has 0 radical (unpaired) electrons. The fraction of sp³-hybridized carbons (Fsp3) is 0.333. The molecule has 0 fully saturated rings. The normalized spacial score (nSPS) is 9.88. The van der Waals surface area contributed by atoms with Crippen LogP contribution in [0, 0.1) is 10.6 Å². The maximum atomic E-state index is 3.81. The molecule has 0 aliphatic rings. The Morgan fingerprint density at radius 1 is 1.62 bits per heavy atom. The summed E-state index contributed by atoms with van der Waals surface area (Å²) < 4.78 is 2.69. The van der Waals surface area contributed by atoms with E-state index >= 15 is 0 Å². The number of halogens is 2. The second kappa shape index (κ2) is 2.46. The third kappa shape index (κ3) is 1.12. The van der Waals surface area contributed by atoms with Crippen molar-refractivity contribution in [3.63, 3.8) is 0 Å². The van der Waals surface area contributed by atoms with Crippen LogP contribution in [0.3, 0.4) is 0 Å². The molecular weight excluding hydrogens is 332 g/mol. The molecule has 0 saturated carbocycles. The lowest BCUT2D eigenvalue weighted by atomic mass is 10.6. The highest BCUT2D eigenvalue weighted by Crippen LogP contribution is 2.07. The number of hydrogen-bond acceptors (Lipinski definition) is 2. The quantitative estimate of drug-likeness (QED) is 0.671. The van der Waals surface area contributed by atoms with Crippen molar-refractivity contribution in [2.24, 2.45) is 0 Å². The topological polar surface area (TPSA) is 30.7 Å². The highest BCUT2D eigenvalue weighted by Gasteiger charge is 1.99. The van der Waals surface area contributed by atoms with Gasteiger partial charge in [0, 0.05) is 0 Å². The van der Waals surface area contributed by atoms with E-state index in [1.807, 2.05) is 6.92 Å². The molecule has 0 saturated heterocycles. The lowest BCUT2D eigenvalue weighted by molar-refractivity contribution is 0.902. The monoisotopic (exact) mass is 335 g/mol. The average molecular weight is 335 g/mol. The summed E-state index contributed by atoms with van der Waals surface area (Å²) in [5.74, 6) is 0. The predicted molar refractivity (Wildman–Crippen MR) is 46.9 cm³/mol. The smallest absolute Gasteiger partial charge is 0.147 e. The second-order valence-electron chi connectivity index (χ2n) is 1.33. The Hall–Kier alpha value is 0.600. The van der Waals surface area contributed by atoms with Gasteiger partial charge in [-0.3, -0.25) is 0 Å². The average Bonchev–Trinajstić information content (AvgIpc) is 1.98. The summed E-state index contributed by atoms with van der Waals surface area (Å²) >= 11 is 4.23. The van der Waals surface area contributed by atoms with Gasteiger partial charge >= 0.3 is 0 Å². The Morgan fingerprint density at radius 2 is 2.25 bits per heavy atom. The minimum Gasteiger partial charge on any atom is -0.187 e. The Balaban J connectivity index is 3.19. The summed E-state index contributed by atoms with van der Waals surface area (Å²) in [6.45, 7) is 1.98. The SMILES string of the molecule is Cc1c(I)nnn1I. The zero-order chi connectivity index (χ0) is 6.15. The highest BCUT2D eigenvalue weighted by atomic mass is 127. The van der Waals surface area contributed by atoms with Crippen molar-refractivity contribution >= 4 is 45.5 Å². The molecule has 0 amide bonds. The van der Waals surface area contributed by atoms with Crippen molar-refractivity contribution in [2.75, 3.05) is 0 Å². The Labute approximate surface area is 74.5 Å². The van der Waals surface area contributed by atoms with Crippen LogP contribution in [0.15, 0.2) is 0 Å². The molecule has 1 rings (SSSR count). The van der Waals surface area contributed by atoms with Gasteiger partial charge in [-0.15, -0.1) is 5.10 Å². The second-order valence-corrected chi connectivity index (χ2v) is 3.26. The van der Waals surface area contributed by atoms with E-state index in [0.717, 1.165) is 9.39 Å². The third-order valence-electron chi connectivity index (χ3n) is 0.786. The van der Waals surface area contributed by atoms with Crippen molar-refractivity contribution in [1.29, 1.82) is 0 Å². The van der Waals surface area contributed by atoms with Gasteiger partial charge in [0.05, 0.1) is 28.6 Å². The van der Waals surface area contributed by atoms with Crippen molar-refractivity contribution in [3.8, 4) is 0 Å². The fourth-order valence-corrected chi connectivity index (χ4v) is 1.41. The van der Waals surface area contributed by atoms with Gasteiger partial charge < -0.3 is 0 Å². The Morgan fingerprint density at radius 3 is 2.38 bits per heavy atom. The molecule has 1 heterocycles. The first kappa shape index (κ1) is 6.72. The number of aromatic nitrogens is 3. The van der Waals surface area contributed by atoms with Crippen LogP contribution in [0.1, 0.15) is 5.69 Å². The number of nitrogens with zero attached hydrogens (tertiary/aromatic N) is 3. The number of hydrogen-bond donors (Lipinski definition) is 0. The van der Waals surface area contributed by atoms with E-state index in [4.69, 9.17) is 0 Å². The van der Waals surface area contributed by atoms with Gasteiger partial charge in [0.1, 0.15) is 3.70 Å². The summed E-state index contributed by atoms with van der Waals surface area (Å²) in [5.41, 5.74) is 1.10. The molecule has 0 bridgehead atoms. The van der Waals surface area contributed by atoms with Crippen molar-refractivity contribution in [2.45, 2.75) is 6.92 Å². The van der Waals surface area contributed by atoms with Crippen LogP contribution in [0.2, 0.25) is 0 Å². The van der Waals surface area contributed by atoms with Crippen LogP contribution in [0.25, 0.3) is 0 Å². The van der Waals surface area contributed by atoms with E-state index < -0.39 is 0 Å². The maximum absolute atomic E-state index is 3.81. The molecule has 1 aromatic heterocycles. The van der Waals surface area contributed by atoms with Gasteiger partial charge in [-0.25, -0.2) is 0 Å². The summed E-state index contributed by atoms with van der Waals surface area (Å²) in [6, 6.07) is 0. The summed E-state index contributed by atoms with van der Waals surface area (Å²) in [4.78, 5) is 0. The lowest BCUT2D eigenvalue weighted by Crippen LogP contribution is -1.83. The van der Waals surface area contributed by atoms with Crippen LogP contribution in [0.4, 0.5) is 0 Å². The molecule has 0 aliphatic heterocycles. The fourth-order valence-electron chi connectivity index (χ4n) is 0.294. The summed E-state index contributed by atoms with van der Waals surface area (Å²) in [7, 11) is 0. The van der Waals surface area contributed by atoms with Crippen molar-refractivity contribution in [1.82, 2.24) is 13.2 Å². The molecule has 5 heteroatoms. The standard InChI is InChI=1S/C3H3I2N3/c1-2-3(4)6-7-8(2)5/h1H3. The molecule has 8 heavy (non-hydrogen) atoms. The maximum Gasteiger partial charge on any atom is 0.147 e. The van der Waals surface area contributed by atoms with Crippen LogP contribution in [-0.4, -0.2) is 13.2 Å². The van der Waals surface area contributed by atoms with E-state index in [1.165, 1.54) is 0 Å². The first-order valence-electron chi connectivity index (χ1n) is 1.96. The minimum atomic E-state index is 0.969. The molecule has 44 valence electrons. The molecule has 0 spiro atoms. The van der Waals surface area contributed by atoms with Gasteiger partial charge in [0.15, 0.2) is 0 Å². The zero-order valence-corrected chi connectivity index (χ0v) is 8.41. The van der Waals surface area contributed by atoms with Crippen LogP contribution < -0.4 is 0 Å². The van der Waals surface area contributed by atoms with E-state index in [-0.39, 0.29) is 0 Å². The molecule has 0 aliphatic carbocycles. The van der Waals surface area contributed by atoms with Crippen LogP contribution in [0.5, 0.6) is 0 Å². The molecule has 1 aromatic rings. The number of rotatable bonds is 0. The van der Waals surface area contributed by atoms with E-state index in [2.05, 4.69) is 55.8 Å². The van der Waals surface area contributed by atoms with Crippen LogP contribution in [-0.2, 0) is 0 Å². The Kier molecular flexibility index (Phi) is 2.07. The molecule has 0 aromatic carbocycles. The van der Waals surface area contributed by atoms with Gasteiger partial charge in [-0.1, -0.05) is 5.21 Å².